The van der Waals surface area contributed by atoms with Crippen LogP contribution in [-0.4, -0.2) is 24.9 Å². The summed E-state index contributed by atoms with van der Waals surface area (Å²) in [5, 5.41) is 5.55. The zero-order valence-electron chi connectivity index (χ0n) is 18.7. The monoisotopic (exact) mass is 394 g/mol. The minimum atomic E-state index is -0.0593. The molecule has 0 bridgehead atoms. The zero-order valence-corrected chi connectivity index (χ0v) is 18.7. The van der Waals surface area contributed by atoms with Gasteiger partial charge in [-0.1, -0.05) is 104 Å². The Kier molecular flexibility index (Phi) is 26.0. The van der Waals surface area contributed by atoms with Crippen LogP contribution in [-0.2, 0) is 9.59 Å². The number of nitrogens with one attached hydrogen (secondary N) is 2. The lowest BCUT2D eigenvalue weighted by Gasteiger charge is -2.02. The number of hydrogen-bond acceptors (Lipinski definition) is 2. The van der Waals surface area contributed by atoms with Gasteiger partial charge in [0.15, 0.2) is 0 Å². The van der Waals surface area contributed by atoms with Crippen molar-refractivity contribution in [3.8, 4) is 0 Å². The lowest BCUT2D eigenvalue weighted by Crippen LogP contribution is -2.21. The molecule has 164 valence electrons. The van der Waals surface area contributed by atoms with E-state index >= 15 is 0 Å². The average molecular weight is 395 g/mol. The van der Waals surface area contributed by atoms with Crippen LogP contribution in [0.25, 0.3) is 0 Å². The molecule has 0 radical (unpaired) electrons. The predicted molar refractivity (Wildman–Crippen MR) is 122 cm³/mol. The molecular formula is C24H46N2O2. The van der Waals surface area contributed by atoms with Gasteiger partial charge in [-0.25, -0.2) is 0 Å². The van der Waals surface area contributed by atoms with Crippen LogP contribution in [0.15, 0.2) is 25.3 Å². The molecule has 2 amide bonds. The highest BCUT2D eigenvalue weighted by Crippen LogP contribution is 2.06. The van der Waals surface area contributed by atoms with Gasteiger partial charge < -0.3 is 10.6 Å². The van der Waals surface area contributed by atoms with Gasteiger partial charge in [0.2, 0.25) is 11.8 Å². The van der Waals surface area contributed by atoms with Crippen molar-refractivity contribution in [2.45, 2.75) is 104 Å². The molecule has 0 aromatic rings. The Bertz CT molecular complexity index is 345. The van der Waals surface area contributed by atoms with E-state index < -0.39 is 0 Å². The van der Waals surface area contributed by atoms with Gasteiger partial charge >= 0.3 is 0 Å². The molecule has 0 fully saturated rings. The second-order valence-corrected chi connectivity index (χ2v) is 7.23. The van der Waals surface area contributed by atoms with E-state index in [0.717, 1.165) is 25.9 Å². The SMILES string of the molecule is C=CC(=O)NCCCCCCCCC.C=CC(=O)NCCCCCCCCC. The molecular weight excluding hydrogens is 348 g/mol. The first-order chi connectivity index (χ1) is 13.6. The normalized spacial score (nSPS) is 9.79. The fourth-order valence-corrected chi connectivity index (χ4v) is 2.73. The molecule has 4 heteroatoms. The van der Waals surface area contributed by atoms with E-state index in [2.05, 4.69) is 37.6 Å². The predicted octanol–water partition coefficient (Wildman–Crippen LogP) is 6.08. The summed E-state index contributed by atoms with van der Waals surface area (Å²) in [4.78, 5) is 21.5. The van der Waals surface area contributed by atoms with Crippen molar-refractivity contribution in [2.75, 3.05) is 13.1 Å². The number of carbonyl (C=O) groups excluding carboxylic acids is 2. The van der Waals surface area contributed by atoms with Crippen LogP contribution < -0.4 is 10.6 Å². The van der Waals surface area contributed by atoms with Gasteiger partial charge in [-0.2, -0.15) is 0 Å². The summed E-state index contributed by atoms with van der Waals surface area (Å²) in [5.74, 6) is -0.119. The molecule has 0 aromatic carbocycles. The minimum absolute atomic E-state index is 0.0593. The zero-order chi connectivity index (χ0) is 21.3. The van der Waals surface area contributed by atoms with Crippen LogP contribution in [0.3, 0.4) is 0 Å². The van der Waals surface area contributed by atoms with Crippen molar-refractivity contribution in [3.63, 3.8) is 0 Å². The molecule has 0 rings (SSSR count). The number of carbonyl (C=O) groups is 2. The standard InChI is InChI=1S/2C12H23NO/c2*1-3-5-6-7-8-9-10-11-13-12(14)4-2/h2*4H,2-3,5-11H2,1H3,(H,13,14). The molecule has 0 saturated carbocycles. The Hall–Kier alpha value is -1.58. The second-order valence-electron chi connectivity index (χ2n) is 7.23. The smallest absolute Gasteiger partial charge is 0.243 e. The van der Waals surface area contributed by atoms with Crippen LogP contribution in [0, 0.1) is 0 Å². The first kappa shape index (κ1) is 28.6. The first-order valence-electron chi connectivity index (χ1n) is 11.4. The summed E-state index contributed by atoms with van der Waals surface area (Å²) < 4.78 is 0. The average Bonchev–Trinajstić information content (AvgIpc) is 2.72. The van der Waals surface area contributed by atoms with Crippen LogP contribution in [0.2, 0.25) is 0 Å². The minimum Gasteiger partial charge on any atom is -0.353 e. The van der Waals surface area contributed by atoms with E-state index in [9.17, 15) is 9.59 Å². The maximum Gasteiger partial charge on any atom is 0.243 e. The third kappa shape index (κ3) is 26.6. The Morgan fingerprint density at radius 1 is 0.571 bits per heavy atom. The fourth-order valence-electron chi connectivity index (χ4n) is 2.73. The highest BCUT2D eigenvalue weighted by atomic mass is 16.2. The summed E-state index contributed by atoms with van der Waals surface area (Å²) in [6.07, 6.45) is 20.6. The van der Waals surface area contributed by atoms with E-state index in [1.54, 1.807) is 0 Å². The lowest BCUT2D eigenvalue weighted by molar-refractivity contribution is -0.117. The molecule has 0 aliphatic heterocycles. The summed E-state index contributed by atoms with van der Waals surface area (Å²) >= 11 is 0. The maximum absolute atomic E-state index is 10.8. The molecule has 2 N–H and O–H groups in total. The molecule has 0 saturated heterocycles. The highest BCUT2D eigenvalue weighted by molar-refractivity contribution is 5.87. The molecule has 0 spiro atoms. The van der Waals surface area contributed by atoms with Gasteiger partial charge in [-0.05, 0) is 25.0 Å². The summed E-state index contributed by atoms with van der Waals surface area (Å²) in [5.41, 5.74) is 0. The Labute approximate surface area is 174 Å². The molecule has 0 aliphatic rings. The van der Waals surface area contributed by atoms with E-state index in [-0.39, 0.29) is 11.8 Å². The molecule has 28 heavy (non-hydrogen) atoms. The van der Waals surface area contributed by atoms with E-state index in [1.807, 2.05) is 0 Å². The van der Waals surface area contributed by atoms with Crippen molar-refractivity contribution >= 4 is 11.8 Å². The Balaban J connectivity index is 0. The van der Waals surface area contributed by atoms with Crippen molar-refractivity contribution in [3.05, 3.63) is 25.3 Å². The van der Waals surface area contributed by atoms with Crippen LogP contribution >= 0.6 is 0 Å². The highest BCUT2D eigenvalue weighted by Gasteiger charge is 1.94. The van der Waals surface area contributed by atoms with Crippen LogP contribution in [0.5, 0.6) is 0 Å². The largest absolute Gasteiger partial charge is 0.353 e. The quantitative estimate of drug-likeness (QED) is 0.219. The lowest BCUT2D eigenvalue weighted by atomic mass is 10.1. The molecule has 0 aromatic heterocycles. The number of hydrogen-bond donors (Lipinski definition) is 2. The third-order valence-electron chi connectivity index (χ3n) is 4.53. The first-order valence-corrected chi connectivity index (χ1v) is 11.4. The number of amides is 2. The van der Waals surface area contributed by atoms with Gasteiger partial charge in [0.25, 0.3) is 0 Å². The van der Waals surface area contributed by atoms with Crippen molar-refractivity contribution in [2.24, 2.45) is 0 Å². The summed E-state index contributed by atoms with van der Waals surface area (Å²) in [6.45, 7) is 12.8. The van der Waals surface area contributed by atoms with Crippen molar-refractivity contribution in [1.82, 2.24) is 10.6 Å². The number of rotatable bonds is 18. The Morgan fingerprint density at radius 3 is 1.14 bits per heavy atom. The molecule has 4 nitrogen and oxygen atoms in total. The Morgan fingerprint density at radius 2 is 0.857 bits per heavy atom. The molecule has 0 unspecified atom stereocenters. The van der Waals surface area contributed by atoms with Gasteiger partial charge in [-0.3, -0.25) is 9.59 Å². The summed E-state index contributed by atoms with van der Waals surface area (Å²) in [7, 11) is 0. The van der Waals surface area contributed by atoms with Crippen LogP contribution in [0.1, 0.15) is 104 Å². The molecule has 0 aliphatic carbocycles. The van der Waals surface area contributed by atoms with Crippen LogP contribution in [0.4, 0.5) is 0 Å². The van der Waals surface area contributed by atoms with E-state index in [4.69, 9.17) is 0 Å². The van der Waals surface area contributed by atoms with E-state index in [0.29, 0.717) is 0 Å². The molecule has 0 atom stereocenters. The molecule has 0 heterocycles. The van der Waals surface area contributed by atoms with Crippen molar-refractivity contribution < 1.29 is 9.59 Å². The number of unbranched alkanes of at least 4 members (excludes halogenated alkanes) is 12. The third-order valence-corrected chi connectivity index (χ3v) is 4.53. The summed E-state index contributed by atoms with van der Waals surface area (Å²) in [6, 6.07) is 0. The van der Waals surface area contributed by atoms with Gasteiger partial charge in [-0.15, -0.1) is 0 Å². The van der Waals surface area contributed by atoms with Gasteiger partial charge in [0.05, 0.1) is 0 Å². The van der Waals surface area contributed by atoms with E-state index in [1.165, 1.54) is 89.2 Å². The fraction of sp³-hybridized carbons (Fsp3) is 0.750. The maximum atomic E-state index is 10.8. The van der Waals surface area contributed by atoms with Gasteiger partial charge in [0, 0.05) is 13.1 Å². The second kappa shape index (κ2) is 25.4. The topological polar surface area (TPSA) is 58.2 Å². The van der Waals surface area contributed by atoms with Crippen molar-refractivity contribution in [1.29, 1.82) is 0 Å². The van der Waals surface area contributed by atoms with Gasteiger partial charge in [0.1, 0.15) is 0 Å².